The highest BCUT2D eigenvalue weighted by Gasteiger charge is 2.22. The third-order valence-corrected chi connectivity index (χ3v) is 4.35. The van der Waals surface area contributed by atoms with E-state index in [2.05, 4.69) is 0 Å². The Bertz CT molecular complexity index is 864. The summed E-state index contributed by atoms with van der Waals surface area (Å²) in [4.78, 5) is 12.1. The predicted molar refractivity (Wildman–Crippen MR) is 94.4 cm³/mol. The zero-order valence-electron chi connectivity index (χ0n) is 12.7. The van der Waals surface area contributed by atoms with Gasteiger partial charge in [0, 0.05) is 15.6 Å². The van der Waals surface area contributed by atoms with Crippen LogP contribution in [0.15, 0.2) is 48.0 Å². The molecule has 23 heavy (non-hydrogen) atoms. The molecule has 0 unspecified atom stereocenters. The molecule has 0 aromatic heterocycles. The minimum Gasteiger partial charge on any atom is -0.422 e. The maximum Gasteiger partial charge on any atom is 0.343 e. The van der Waals surface area contributed by atoms with Gasteiger partial charge < -0.3 is 4.74 Å². The highest BCUT2D eigenvalue weighted by Crippen LogP contribution is 2.30. The molecule has 2 nitrogen and oxygen atoms in total. The zero-order chi connectivity index (χ0) is 16.6. The Balaban J connectivity index is 1.97. The summed E-state index contributed by atoms with van der Waals surface area (Å²) in [6, 6.07) is 11.1. The summed E-state index contributed by atoms with van der Waals surface area (Å²) in [5, 5.41) is 1.04. The van der Waals surface area contributed by atoms with E-state index in [1.54, 1.807) is 30.4 Å². The molecule has 3 rings (SSSR count). The van der Waals surface area contributed by atoms with Crippen molar-refractivity contribution in [3.8, 4) is 0 Å². The van der Waals surface area contributed by atoms with Gasteiger partial charge in [0.05, 0.1) is 5.57 Å². The monoisotopic (exact) mass is 344 g/mol. The first-order chi connectivity index (χ1) is 10.9. The number of carbonyl (C=O) groups excluding carboxylic acids is 1. The smallest absolute Gasteiger partial charge is 0.343 e. The van der Waals surface area contributed by atoms with Crippen molar-refractivity contribution in [2.24, 2.45) is 0 Å². The van der Waals surface area contributed by atoms with Gasteiger partial charge in [0.2, 0.25) is 0 Å². The SMILES string of the molecule is Cc1ccc(C2=C/C(=C\c3ccc(Cl)cc3Cl)C(=O)O2)cc1C. The number of cyclic esters (lactones) is 1. The van der Waals surface area contributed by atoms with Gasteiger partial charge in [0.15, 0.2) is 0 Å². The first-order valence-electron chi connectivity index (χ1n) is 7.12. The van der Waals surface area contributed by atoms with E-state index in [0.717, 1.165) is 16.7 Å². The fourth-order valence-corrected chi connectivity index (χ4v) is 2.78. The van der Waals surface area contributed by atoms with Gasteiger partial charge in [-0.2, -0.15) is 0 Å². The number of benzene rings is 2. The molecule has 0 amide bonds. The highest BCUT2D eigenvalue weighted by atomic mass is 35.5. The second-order valence-electron chi connectivity index (χ2n) is 5.46. The van der Waals surface area contributed by atoms with Gasteiger partial charge in [0.25, 0.3) is 0 Å². The van der Waals surface area contributed by atoms with E-state index in [1.807, 2.05) is 32.0 Å². The van der Waals surface area contributed by atoms with Crippen LogP contribution in [-0.4, -0.2) is 5.97 Å². The molecule has 0 radical (unpaired) electrons. The summed E-state index contributed by atoms with van der Waals surface area (Å²) >= 11 is 12.0. The molecule has 0 fully saturated rings. The van der Waals surface area contributed by atoms with Crippen molar-refractivity contribution in [3.63, 3.8) is 0 Å². The average molecular weight is 345 g/mol. The lowest BCUT2D eigenvalue weighted by Crippen LogP contribution is -1.97. The van der Waals surface area contributed by atoms with Crippen LogP contribution < -0.4 is 0 Å². The van der Waals surface area contributed by atoms with Crippen molar-refractivity contribution >= 4 is 41.0 Å². The van der Waals surface area contributed by atoms with Crippen LogP contribution in [0.25, 0.3) is 11.8 Å². The van der Waals surface area contributed by atoms with Crippen LogP contribution in [0.2, 0.25) is 10.0 Å². The number of esters is 1. The van der Waals surface area contributed by atoms with Crippen LogP contribution in [0.4, 0.5) is 0 Å². The lowest BCUT2D eigenvalue weighted by Gasteiger charge is -2.05. The molecule has 1 heterocycles. The molecule has 1 aliphatic heterocycles. The fraction of sp³-hybridized carbons (Fsp3) is 0.105. The molecule has 1 aliphatic rings. The number of hydrogen-bond donors (Lipinski definition) is 0. The summed E-state index contributed by atoms with van der Waals surface area (Å²) in [6.07, 6.45) is 3.44. The molecule has 0 saturated heterocycles. The second kappa shape index (κ2) is 6.23. The van der Waals surface area contributed by atoms with Gasteiger partial charge in [0.1, 0.15) is 5.76 Å². The maximum atomic E-state index is 12.1. The largest absolute Gasteiger partial charge is 0.422 e. The first-order valence-corrected chi connectivity index (χ1v) is 7.88. The number of aryl methyl sites for hydroxylation is 2. The Labute approximate surface area is 145 Å². The van der Waals surface area contributed by atoms with Gasteiger partial charge in [-0.3, -0.25) is 0 Å². The lowest BCUT2D eigenvalue weighted by atomic mass is 10.0. The third kappa shape index (κ3) is 3.34. The minimum absolute atomic E-state index is 0.385. The third-order valence-electron chi connectivity index (χ3n) is 3.79. The number of carbonyl (C=O) groups is 1. The molecular formula is C19H14Cl2O2. The second-order valence-corrected chi connectivity index (χ2v) is 6.31. The summed E-state index contributed by atoms with van der Waals surface area (Å²) in [7, 11) is 0. The molecule has 0 aliphatic carbocycles. The standard InChI is InChI=1S/C19H14Cl2O2/c1-11-3-4-14(7-12(11)2)18-9-15(19(22)23-18)8-13-5-6-16(20)10-17(13)21/h3-10H,1-2H3/b15-8+. The molecular weight excluding hydrogens is 331 g/mol. The molecule has 2 aromatic rings. The van der Waals surface area contributed by atoms with Crippen LogP contribution in [0.1, 0.15) is 22.3 Å². The zero-order valence-corrected chi connectivity index (χ0v) is 14.2. The van der Waals surface area contributed by atoms with Crippen LogP contribution in [-0.2, 0) is 9.53 Å². The van der Waals surface area contributed by atoms with Crippen molar-refractivity contribution in [1.29, 1.82) is 0 Å². The highest BCUT2D eigenvalue weighted by molar-refractivity contribution is 6.35. The number of hydrogen-bond acceptors (Lipinski definition) is 2. The topological polar surface area (TPSA) is 26.3 Å². The van der Waals surface area contributed by atoms with E-state index >= 15 is 0 Å². The number of halogens is 2. The lowest BCUT2D eigenvalue weighted by molar-refractivity contribution is -0.130. The van der Waals surface area contributed by atoms with Gasteiger partial charge in [-0.05, 0) is 60.9 Å². The minimum atomic E-state index is -0.385. The van der Waals surface area contributed by atoms with E-state index in [-0.39, 0.29) is 5.97 Å². The number of ether oxygens (including phenoxy) is 1. The van der Waals surface area contributed by atoms with Crippen LogP contribution in [0, 0.1) is 13.8 Å². The van der Waals surface area contributed by atoms with Crippen molar-refractivity contribution in [2.75, 3.05) is 0 Å². The van der Waals surface area contributed by atoms with Gasteiger partial charge in [-0.1, -0.05) is 41.4 Å². The van der Waals surface area contributed by atoms with Crippen molar-refractivity contribution in [1.82, 2.24) is 0 Å². The van der Waals surface area contributed by atoms with E-state index in [0.29, 0.717) is 21.4 Å². The first kappa shape index (κ1) is 15.9. The molecule has 2 aromatic carbocycles. The molecule has 0 bridgehead atoms. The van der Waals surface area contributed by atoms with Crippen LogP contribution in [0.5, 0.6) is 0 Å². The van der Waals surface area contributed by atoms with E-state index < -0.39 is 0 Å². The maximum absolute atomic E-state index is 12.1. The van der Waals surface area contributed by atoms with Gasteiger partial charge >= 0.3 is 5.97 Å². The van der Waals surface area contributed by atoms with Crippen LogP contribution >= 0.6 is 23.2 Å². The molecule has 0 spiro atoms. The van der Waals surface area contributed by atoms with E-state index in [9.17, 15) is 4.79 Å². The Kier molecular flexibility index (Phi) is 4.29. The Morgan fingerprint density at radius 1 is 1.00 bits per heavy atom. The molecule has 0 N–H and O–H groups in total. The molecule has 116 valence electrons. The Morgan fingerprint density at radius 3 is 2.48 bits per heavy atom. The molecule has 0 saturated carbocycles. The van der Waals surface area contributed by atoms with Crippen molar-refractivity contribution < 1.29 is 9.53 Å². The summed E-state index contributed by atoms with van der Waals surface area (Å²) in [6.45, 7) is 4.07. The average Bonchev–Trinajstić information content (AvgIpc) is 2.86. The predicted octanol–water partition coefficient (Wildman–Crippen LogP) is 5.59. The van der Waals surface area contributed by atoms with Gasteiger partial charge in [-0.15, -0.1) is 0 Å². The van der Waals surface area contributed by atoms with E-state index in [4.69, 9.17) is 27.9 Å². The number of rotatable bonds is 2. The Morgan fingerprint density at radius 2 is 1.78 bits per heavy atom. The summed E-state index contributed by atoms with van der Waals surface area (Å²) < 4.78 is 5.38. The van der Waals surface area contributed by atoms with E-state index in [1.165, 1.54) is 5.56 Å². The molecule has 4 heteroatoms. The quantitative estimate of drug-likeness (QED) is 0.524. The molecule has 0 atom stereocenters. The van der Waals surface area contributed by atoms with Gasteiger partial charge in [-0.25, -0.2) is 4.79 Å². The summed E-state index contributed by atoms with van der Waals surface area (Å²) in [5.41, 5.74) is 4.41. The summed E-state index contributed by atoms with van der Waals surface area (Å²) in [5.74, 6) is 0.165. The van der Waals surface area contributed by atoms with Crippen molar-refractivity contribution in [3.05, 3.63) is 80.3 Å². The normalized spacial score (nSPS) is 15.7. The van der Waals surface area contributed by atoms with Crippen LogP contribution in [0.3, 0.4) is 0 Å². The van der Waals surface area contributed by atoms with Crippen molar-refractivity contribution in [2.45, 2.75) is 13.8 Å². The fourth-order valence-electron chi connectivity index (χ4n) is 2.31. The Hall–Kier alpha value is -2.03.